The molecular weight excluding hydrogens is 382 g/mol. The van der Waals surface area contributed by atoms with Crippen LogP contribution in [0.15, 0.2) is 89.8 Å². The molecule has 0 aromatic heterocycles. The molecule has 1 N–H and O–H groups in total. The van der Waals surface area contributed by atoms with Gasteiger partial charge in [-0.2, -0.15) is 0 Å². The molecule has 0 bridgehead atoms. The summed E-state index contributed by atoms with van der Waals surface area (Å²) in [5.74, 6) is 0. The minimum absolute atomic E-state index is 0.227. The molecule has 0 aliphatic rings. The van der Waals surface area contributed by atoms with Gasteiger partial charge in [-0.3, -0.25) is 4.72 Å². The summed E-state index contributed by atoms with van der Waals surface area (Å²) in [6, 6.07) is 24.0. The van der Waals surface area contributed by atoms with Crippen molar-refractivity contribution in [1.82, 2.24) is 0 Å². The van der Waals surface area contributed by atoms with Gasteiger partial charge in [-0.15, -0.1) is 0 Å². The molecule has 0 fully saturated rings. The quantitative estimate of drug-likeness (QED) is 0.530. The molecule has 1 unspecified atom stereocenters. The van der Waals surface area contributed by atoms with E-state index in [2.05, 4.69) is 4.72 Å². The first-order chi connectivity index (χ1) is 14.0. The summed E-state index contributed by atoms with van der Waals surface area (Å²) >= 11 is 0. The number of rotatable bonds is 8. The largest absolute Gasteiger partial charge is 0.370 e. The highest BCUT2D eigenvalue weighted by atomic mass is 32.2. The summed E-state index contributed by atoms with van der Waals surface area (Å²) in [5.41, 5.74) is 3.32. The average Bonchev–Trinajstić information content (AvgIpc) is 2.72. The zero-order valence-electron chi connectivity index (χ0n) is 16.6. The maximum atomic E-state index is 12.9. The Bertz CT molecular complexity index is 1060. The van der Waals surface area contributed by atoms with E-state index in [4.69, 9.17) is 4.74 Å². The number of aryl methyl sites for hydroxylation is 1. The lowest BCUT2D eigenvalue weighted by atomic mass is 10.1. The maximum Gasteiger partial charge on any atom is 0.261 e. The highest BCUT2D eigenvalue weighted by molar-refractivity contribution is 7.92. The van der Waals surface area contributed by atoms with Crippen molar-refractivity contribution in [1.29, 1.82) is 0 Å². The van der Waals surface area contributed by atoms with Crippen LogP contribution in [0.4, 0.5) is 5.69 Å². The molecular formula is C24H25NO3S. The van der Waals surface area contributed by atoms with Gasteiger partial charge in [0.05, 0.1) is 10.6 Å². The van der Waals surface area contributed by atoms with E-state index in [-0.39, 0.29) is 11.0 Å². The Morgan fingerprint density at radius 1 is 0.931 bits per heavy atom. The predicted molar refractivity (Wildman–Crippen MR) is 118 cm³/mol. The maximum absolute atomic E-state index is 12.9. The molecule has 3 aromatic rings. The van der Waals surface area contributed by atoms with Crippen LogP contribution in [-0.2, 0) is 14.8 Å². The van der Waals surface area contributed by atoms with Crippen LogP contribution in [-0.4, -0.2) is 15.0 Å². The average molecular weight is 408 g/mol. The molecule has 4 nitrogen and oxygen atoms in total. The molecule has 0 heterocycles. The summed E-state index contributed by atoms with van der Waals surface area (Å²) in [5, 5.41) is 0. The third kappa shape index (κ3) is 5.56. The van der Waals surface area contributed by atoms with Crippen LogP contribution in [0.1, 0.15) is 29.7 Å². The van der Waals surface area contributed by atoms with Crippen LogP contribution < -0.4 is 4.72 Å². The molecule has 0 spiro atoms. The fourth-order valence-corrected chi connectivity index (χ4v) is 4.04. The van der Waals surface area contributed by atoms with Crippen molar-refractivity contribution in [2.75, 3.05) is 11.3 Å². The van der Waals surface area contributed by atoms with E-state index in [1.165, 1.54) is 0 Å². The van der Waals surface area contributed by atoms with Gasteiger partial charge in [0.15, 0.2) is 0 Å². The molecule has 0 saturated heterocycles. The smallest absolute Gasteiger partial charge is 0.261 e. The Hall–Kier alpha value is -2.89. The molecule has 0 saturated carbocycles. The minimum atomic E-state index is -3.70. The fraction of sp³-hybridized carbons (Fsp3) is 0.167. The van der Waals surface area contributed by atoms with Crippen molar-refractivity contribution >= 4 is 21.8 Å². The Morgan fingerprint density at radius 2 is 1.59 bits per heavy atom. The lowest BCUT2D eigenvalue weighted by Crippen LogP contribution is -2.15. The summed E-state index contributed by atoms with van der Waals surface area (Å²) in [6.07, 6.45) is 3.54. The van der Waals surface area contributed by atoms with Crippen LogP contribution >= 0.6 is 0 Å². The first-order valence-electron chi connectivity index (χ1n) is 9.53. The molecule has 3 rings (SSSR count). The van der Waals surface area contributed by atoms with Crippen molar-refractivity contribution in [3.8, 4) is 0 Å². The highest BCUT2D eigenvalue weighted by Crippen LogP contribution is 2.29. The number of ether oxygens (including phenoxy) is 1. The summed E-state index contributed by atoms with van der Waals surface area (Å²) in [4.78, 5) is 0.227. The van der Waals surface area contributed by atoms with Gasteiger partial charge in [-0.1, -0.05) is 78.4 Å². The number of para-hydroxylation sites is 1. The number of sulfonamides is 1. The molecule has 3 aromatic carbocycles. The van der Waals surface area contributed by atoms with Crippen molar-refractivity contribution < 1.29 is 13.2 Å². The lowest BCUT2D eigenvalue weighted by Gasteiger charge is -2.19. The first-order valence-corrected chi connectivity index (χ1v) is 11.0. The van der Waals surface area contributed by atoms with Gasteiger partial charge in [0.1, 0.15) is 6.10 Å². The topological polar surface area (TPSA) is 55.4 Å². The molecule has 0 amide bonds. The van der Waals surface area contributed by atoms with E-state index in [9.17, 15) is 8.42 Å². The zero-order valence-corrected chi connectivity index (χ0v) is 17.4. The molecule has 150 valence electrons. The number of hydrogen-bond donors (Lipinski definition) is 1. The number of benzene rings is 3. The van der Waals surface area contributed by atoms with E-state index >= 15 is 0 Å². The fourth-order valence-electron chi connectivity index (χ4n) is 2.95. The number of anilines is 1. The highest BCUT2D eigenvalue weighted by Gasteiger charge is 2.19. The van der Waals surface area contributed by atoms with E-state index in [1.807, 2.05) is 68.5 Å². The predicted octanol–water partition coefficient (Wildman–Crippen LogP) is 5.59. The third-order valence-electron chi connectivity index (χ3n) is 4.45. The molecule has 1 atom stereocenters. The molecule has 29 heavy (non-hydrogen) atoms. The number of nitrogens with one attached hydrogen (secondary N) is 1. The van der Waals surface area contributed by atoms with Gasteiger partial charge >= 0.3 is 0 Å². The first kappa shape index (κ1) is 20.8. The Balaban J connectivity index is 1.91. The standard InChI is InChI=1S/C24H25NO3S/c1-3-28-24(18-15-20-9-5-4-6-10-20)22-11-7-8-12-23(22)25-29(26,27)21-16-13-19(2)14-17-21/h4-18,24-25H,3H2,1-2H3/b18-15+. The summed E-state index contributed by atoms with van der Waals surface area (Å²) in [6.45, 7) is 4.34. The summed E-state index contributed by atoms with van der Waals surface area (Å²) < 4.78 is 34.3. The molecule has 5 heteroatoms. The Kier molecular flexibility index (Phi) is 6.86. The van der Waals surface area contributed by atoms with Crippen LogP contribution in [0.5, 0.6) is 0 Å². The third-order valence-corrected chi connectivity index (χ3v) is 5.83. The van der Waals surface area contributed by atoms with Crippen molar-refractivity contribution in [2.45, 2.75) is 24.8 Å². The lowest BCUT2D eigenvalue weighted by molar-refractivity contribution is 0.0978. The van der Waals surface area contributed by atoms with Crippen LogP contribution in [0, 0.1) is 6.92 Å². The van der Waals surface area contributed by atoms with Gasteiger partial charge in [-0.05, 0) is 37.6 Å². The van der Waals surface area contributed by atoms with Gasteiger partial charge in [0.25, 0.3) is 10.0 Å². The van der Waals surface area contributed by atoms with Crippen LogP contribution in [0.3, 0.4) is 0 Å². The summed E-state index contributed by atoms with van der Waals surface area (Å²) in [7, 11) is -3.70. The van der Waals surface area contributed by atoms with Gasteiger partial charge < -0.3 is 4.74 Å². The van der Waals surface area contributed by atoms with E-state index in [1.54, 1.807) is 36.4 Å². The Morgan fingerprint density at radius 3 is 2.28 bits per heavy atom. The van der Waals surface area contributed by atoms with Crippen LogP contribution in [0.25, 0.3) is 6.08 Å². The number of hydrogen-bond acceptors (Lipinski definition) is 3. The van der Waals surface area contributed by atoms with Gasteiger partial charge in [-0.25, -0.2) is 8.42 Å². The zero-order chi connectivity index (χ0) is 20.7. The minimum Gasteiger partial charge on any atom is -0.370 e. The van der Waals surface area contributed by atoms with E-state index in [0.717, 1.165) is 16.7 Å². The van der Waals surface area contributed by atoms with Gasteiger partial charge in [0, 0.05) is 12.2 Å². The second kappa shape index (κ2) is 9.54. The molecule has 0 aliphatic heterocycles. The SMILES string of the molecule is CCOC(/C=C/c1ccccc1)c1ccccc1NS(=O)(=O)c1ccc(C)cc1. The van der Waals surface area contributed by atoms with Crippen LogP contribution in [0.2, 0.25) is 0 Å². The van der Waals surface area contributed by atoms with Crippen molar-refractivity contribution in [3.05, 3.63) is 102 Å². The van der Waals surface area contributed by atoms with Crippen molar-refractivity contribution in [3.63, 3.8) is 0 Å². The normalized spacial score (nSPS) is 12.8. The van der Waals surface area contributed by atoms with Crippen molar-refractivity contribution in [2.24, 2.45) is 0 Å². The van der Waals surface area contributed by atoms with E-state index < -0.39 is 10.0 Å². The monoisotopic (exact) mass is 407 g/mol. The van der Waals surface area contributed by atoms with Gasteiger partial charge in [0.2, 0.25) is 0 Å². The second-order valence-electron chi connectivity index (χ2n) is 6.65. The molecule has 0 radical (unpaired) electrons. The van der Waals surface area contributed by atoms with E-state index in [0.29, 0.717) is 12.3 Å². The second-order valence-corrected chi connectivity index (χ2v) is 8.33. The molecule has 0 aliphatic carbocycles. The Labute approximate surface area is 172 Å².